The minimum atomic E-state index is -3.56. The third kappa shape index (κ3) is 3.89. The van der Waals surface area contributed by atoms with Crippen molar-refractivity contribution in [3.8, 4) is 0 Å². The SMILES string of the molecule is Cc1ccc(C)c(S(=O)(=O)N2CCN(C(=O)c3ccc(C)nc3C)CC2)c1. The first-order valence-electron chi connectivity index (χ1n) is 9.01. The molecule has 1 aliphatic rings. The molecule has 0 unspecified atom stereocenters. The number of piperazine rings is 1. The van der Waals surface area contributed by atoms with E-state index in [0.29, 0.717) is 42.3 Å². The Morgan fingerprint density at radius 1 is 0.963 bits per heavy atom. The summed E-state index contributed by atoms with van der Waals surface area (Å²) < 4.78 is 27.5. The normalized spacial score (nSPS) is 15.8. The van der Waals surface area contributed by atoms with Crippen LogP contribution in [0.5, 0.6) is 0 Å². The van der Waals surface area contributed by atoms with Crippen molar-refractivity contribution >= 4 is 15.9 Å². The smallest absolute Gasteiger partial charge is 0.255 e. The summed E-state index contributed by atoms with van der Waals surface area (Å²) in [5.74, 6) is -0.0937. The van der Waals surface area contributed by atoms with Gasteiger partial charge in [-0.05, 0) is 57.0 Å². The van der Waals surface area contributed by atoms with Crippen LogP contribution in [0.3, 0.4) is 0 Å². The summed E-state index contributed by atoms with van der Waals surface area (Å²) in [5.41, 5.74) is 3.79. The maximum Gasteiger partial charge on any atom is 0.255 e. The second-order valence-electron chi connectivity index (χ2n) is 7.05. The highest BCUT2D eigenvalue weighted by Crippen LogP contribution is 2.23. The number of nitrogens with zero attached hydrogens (tertiary/aromatic N) is 3. The predicted molar refractivity (Wildman–Crippen MR) is 104 cm³/mol. The lowest BCUT2D eigenvalue weighted by molar-refractivity contribution is 0.0696. The van der Waals surface area contributed by atoms with E-state index in [4.69, 9.17) is 0 Å². The number of amides is 1. The van der Waals surface area contributed by atoms with Gasteiger partial charge in [0.2, 0.25) is 10.0 Å². The van der Waals surface area contributed by atoms with Crippen LogP contribution < -0.4 is 0 Å². The molecule has 0 bridgehead atoms. The van der Waals surface area contributed by atoms with Gasteiger partial charge in [-0.1, -0.05) is 12.1 Å². The molecule has 27 heavy (non-hydrogen) atoms. The van der Waals surface area contributed by atoms with Gasteiger partial charge in [0.25, 0.3) is 5.91 Å². The molecule has 1 aromatic heterocycles. The molecule has 1 fully saturated rings. The lowest BCUT2D eigenvalue weighted by atomic mass is 10.1. The van der Waals surface area contributed by atoms with Gasteiger partial charge in [-0.2, -0.15) is 4.31 Å². The summed E-state index contributed by atoms with van der Waals surface area (Å²) in [6.07, 6.45) is 0. The number of rotatable bonds is 3. The van der Waals surface area contributed by atoms with E-state index in [1.54, 1.807) is 24.0 Å². The highest BCUT2D eigenvalue weighted by atomic mass is 32.2. The summed E-state index contributed by atoms with van der Waals surface area (Å²) in [6, 6.07) is 9.06. The summed E-state index contributed by atoms with van der Waals surface area (Å²) in [4.78, 5) is 19.2. The Morgan fingerprint density at radius 2 is 1.63 bits per heavy atom. The zero-order chi connectivity index (χ0) is 19.8. The molecule has 7 heteroatoms. The largest absolute Gasteiger partial charge is 0.336 e. The van der Waals surface area contributed by atoms with Crippen LogP contribution in [0.1, 0.15) is 32.9 Å². The van der Waals surface area contributed by atoms with E-state index in [1.165, 1.54) is 4.31 Å². The fraction of sp³-hybridized carbons (Fsp3) is 0.400. The molecule has 0 spiro atoms. The van der Waals surface area contributed by atoms with Crippen molar-refractivity contribution in [2.24, 2.45) is 0 Å². The van der Waals surface area contributed by atoms with Crippen LogP contribution >= 0.6 is 0 Å². The van der Waals surface area contributed by atoms with E-state index in [0.717, 1.165) is 16.8 Å². The first kappa shape index (κ1) is 19.5. The summed E-state index contributed by atoms with van der Waals surface area (Å²) in [5, 5.41) is 0. The number of benzene rings is 1. The third-order valence-electron chi connectivity index (χ3n) is 4.94. The molecule has 6 nitrogen and oxygen atoms in total. The highest BCUT2D eigenvalue weighted by molar-refractivity contribution is 7.89. The third-order valence-corrected chi connectivity index (χ3v) is 6.98. The van der Waals surface area contributed by atoms with Gasteiger partial charge in [0.05, 0.1) is 16.2 Å². The highest BCUT2D eigenvalue weighted by Gasteiger charge is 2.31. The Kier molecular flexibility index (Phi) is 5.35. The van der Waals surface area contributed by atoms with E-state index in [2.05, 4.69) is 4.98 Å². The fourth-order valence-corrected chi connectivity index (χ4v) is 5.07. The average Bonchev–Trinajstić information content (AvgIpc) is 2.63. The molecule has 0 atom stereocenters. The molecule has 144 valence electrons. The summed E-state index contributed by atoms with van der Waals surface area (Å²) in [6.45, 7) is 8.72. The number of hydrogen-bond acceptors (Lipinski definition) is 4. The van der Waals surface area contributed by atoms with Gasteiger partial charge in [-0.3, -0.25) is 9.78 Å². The fourth-order valence-electron chi connectivity index (χ4n) is 3.34. The second-order valence-corrected chi connectivity index (χ2v) is 8.96. The van der Waals surface area contributed by atoms with Crippen molar-refractivity contribution in [2.75, 3.05) is 26.2 Å². The minimum absolute atomic E-state index is 0.0937. The van der Waals surface area contributed by atoms with E-state index >= 15 is 0 Å². The van der Waals surface area contributed by atoms with Crippen LogP contribution in [0.4, 0.5) is 0 Å². The topological polar surface area (TPSA) is 70.6 Å². The Bertz CT molecular complexity index is 978. The van der Waals surface area contributed by atoms with E-state index in [-0.39, 0.29) is 5.91 Å². The molecule has 2 aromatic rings. The maximum atomic E-state index is 13.0. The Hall–Kier alpha value is -2.25. The van der Waals surface area contributed by atoms with Crippen molar-refractivity contribution in [1.82, 2.24) is 14.2 Å². The number of carbonyl (C=O) groups excluding carboxylic acids is 1. The quantitative estimate of drug-likeness (QED) is 0.811. The van der Waals surface area contributed by atoms with Crippen LogP contribution in [0.15, 0.2) is 35.2 Å². The molecule has 0 N–H and O–H groups in total. The number of hydrogen-bond donors (Lipinski definition) is 0. The molecule has 1 saturated heterocycles. The molecular weight excluding hydrogens is 362 g/mol. The van der Waals surface area contributed by atoms with Crippen molar-refractivity contribution in [3.05, 3.63) is 58.4 Å². The van der Waals surface area contributed by atoms with Gasteiger partial charge in [0, 0.05) is 31.9 Å². The van der Waals surface area contributed by atoms with Crippen molar-refractivity contribution in [3.63, 3.8) is 0 Å². The molecule has 3 rings (SSSR count). The van der Waals surface area contributed by atoms with Crippen LogP contribution in [0.2, 0.25) is 0 Å². The average molecular weight is 388 g/mol. The first-order valence-corrected chi connectivity index (χ1v) is 10.4. The van der Waals surface area contributed by atoms with Crippen molar-refractivity contribution in [1.29, 1.82) is 0 Å². The maximum absolute atomic E-state index is 13.0. The Labute approximate surface area is 160 Å². The zero-order valence-corrected chi connectivity index (χ0v) is 17.0. The van der Waals surface area contributed by atoms with Crippen molar-refractivity contribution < 1.29 is 13.2 Å². The van der Waals surface area contributed by atoms with Gasteiger partial charge >= 0.3 is 0 Å². The minimum Gasteiger partial charge on any atom is -0.336 e. The molecule has 0 saturated carbocycles. The number of carbonyl (C=O) groups is 1. The summed E-state index contributed by atoms with van der Waals surface area (Å²) in [7, 11) is -3.56. The van der Waals surface area contributed by atoms with Gasteiger partial charge < -0.3 is 4.90 Å². The summed E-state index contributed by atoms with van der Waals surface area (Å²) >= 11 is 0. The van der Waals surface area contributed by atoms with E-state index < -0.39 is 10.0 Å². The second kappa shape index (κ2) is 7.40. The number of pyridine rings is 1. The number of sulfonamides is 1. The monoisotopic (exact) mass is 387 g/mol. The lowest BCUT2D eigenvalue weighted by Gasteiger charge is -2.34. The number of aromatic nitrogens is 1. The van der Waals surface area contributed by atoms with E-state index in [9.17, 15) is 13.2 Å². The predicted octanol–water partition coefficient (Wildman–Crippen LogP) is 2.46. The molecule has 0 radical (unpaired) electrons. The van der Waals surface area contributed by atoms with Crippen LogP contribution in [0.25, 0.3) is 0 Å². The Balaban J connectivity index is 1.75. The lowest BCUT2D eigenvalue weighted by Crippen LogP contribution is -2.50. The number of aryl methyl sites for hydroxylation is 4. The van der Waals surface area contributed by atoms with Crippen molar-refractivity contribution in [2.45, 2.75) is 32.6 Å². The molecule has 2 heterocycles. The van der Waals surface area contributed by atoms with Gasteiger partial charge in [-0.25, -0.2) is 8.42 Å². The molecule has 1 amide bonds. The van der Waals surface area contributed by atoms with E-state index in [1.807, 2.05) is 39.0 Å². The first-order chi connectivity index (χ1) is 12.7. The molecular formula is C20H25N3O3S. The Morgan fingerprint density at radius 3 is 2.26 bits per heavy atom. The van der Waals surface area contributed by atoms with Gasteiger partial charge in [-0.15, -0.1) is 0 Å². The van der Waals surface area contributed by atoms with Crippen LogP contribution in [-0.4, -0.2) is 54.7 Å². The molecule has 1 aromatic carbocycles. The standard InChI is InChI=1S/C20H25N3O3S/c1-14-5-6-15(2)19(13-14)27(25,26)23-11-9-22(10-12-23)20(24)18-8-7-16(3)21-17(18)4/h5-8,13H,9-12H2,1-4H3. The molecule has 1 aliphatic heterocycles. The van der Waals surface area contributed by atoms with Gasteiger partial charge in [0.15, 0.2) is 0 Å². The van der Waals surface area contributed by atoms with Crippen LogP contribution in [0, 0.1) is 27.7 Å². The van der Waals surface area contributed by atoms with Gasteiger partial charge in [0.1, 0.15) is 0 Å². The molecule has 0 aliphatic carbocycles. The van der Waals surface area contributed by atoms with Crippen LogP contribution in [-0.2, 0) is 10.0 Å². The zero-order valence-electron chi connectivity index (χ0n) is 16.2.